The van der Waals surface area contributed by atoms with Crippen LogP contribution in [0.4, 0.5) is 17.1 Å². The van der Waals surface area contributed by atoms with Crippen molar-refractivity contribution in [1.82, 2.24) is 0 Å². The molecular weight excluding hydrogens is 358 g/mol. The van der Waals surface area contributed by atoms with E-state index in [9.17, 15) is 4.79 Å². The second kappa shape index (κ2) is 6.37. The zero-order valence-corrected chi connectivity index (χ0v) is 17.2. The van der Waals surface area contributed by atoms with Crippen LogP contribution in [0.5, 0.6) is 5.75 Å². The number of anilines is 3. The SMILES string of the molecule is CCN1C(=O)C(C)(C)c2cc3c(cc21)NC(c1ccc(SC)cc1OC)N3. The molecule has 0 radical (unpaired) electrons. The fourth-order valence-electron chi connectivity index (χ4n) is 3.99. The molecular formula is C21H25N3O2S. The van der Waals surface area contributed by atoms with Crippen molar-refractivity contribution in [3.05, 3.63) is 41.5 Å². The fourth-order valence-corrected chi connectivity index (χ4v) is 4.42. The number of hydrogen-bond donors (Lipinski definition) is 2. The molecule has 2 N–H and O–H groups in total. The number of amides is 1. The molecule has 27 heavy (non-hydrogen) atoms. The molecule has 4 rings (SSSR count). The fraction of sp³-hybridized carbons (Fsp3) is 0.381. The van der Waals surface area contributed by atoms with Gasteiger partial charge in [0.2, 0.25) is 5.91 Å². The van der Waals surface area contributed by atoms with Gasteiger partial charge in [0.05, 0.1) is 29.6 Å². The van der Waals surface area contributed by atoms with Crippen molar-refractivity contribution in [3.8, 4) is 5.75 Å². The van der Waals surface area contributed by atoms with E-state index in [0.29, 0.717) is 6.54 Å². The Balaban J connectivity index is 1.71. The number of nitrogens with one attached hydrogen (secondary N) is 2. The van der Waals surface area contributed by atoms with Gasteiger partial charge in [-0.25, -0.2) is 0 Å². The van der Waals surface area contributed by atoms with Crippen molar-refractivity contribution < 1.29 is 9.53 Å². The average molecular weight is 384 g/mol. The summed E-state index contributed by atoms with van der Waals surface area (Å²) in [5.41, 5.74) is 4.68. The molecule has 0 fully saturated rings. The number of nitrogens with zero attached hydrogens (tertiary/aromatic N) is 1. The lowest BCUT2D eigenvalue weighted by Gasteiger charge is -2.19. The minimum absolute atomic E-state index is 0.0673. The molecule has 1 amide bonds. The van der Waals surface area contributed by atoms with Crippen molar-refractivity contribution in [2.45, 2.75) is 37.2 Å². The maximum atomic E-state index is 12.7. The number of thioether (sulfide) groups is 1. The molecule has 0 saturated heterocycles. The number of ether oxygens (including phenoxy) is 1. The highest BCUT2D eigenvalue weighted by atomic mass is 32.2. The molecule has 0 aliphatic carbocycles. The number of hydrogen-bond acceptors (Lipinski definition) is 5. The van der Waals surface area contributed by atoms with Gasteiger partial charge in [-0.2, -0.15) is 0 Å². The first-order valence-electron chi connectivity index (χ1n) is 9.16. The van der Waals surface area contributed by atoms with Crippen LogP contribution in [0.1, 0.15) is 38.1 Å². The Hall–Kier alpha value is -2.34. The van der Waals surface area contributed by atoms with Crippen molar-refractivity contribution in [2.75, 3.05) is 35.4 Å². The summed E-state index contributed by atoms with van der Waals surface area (Å²) in [7, 11) is 1.70. The first-order chi connectivity index (χ1) is 12.9. The summed E-state index contributed by atoms with van der Waals surface area (Å²) in [6.07, 6.45) is 1.99. The molecule has 2 aromatic carbocycles. The number of carbonyl (C=O) groups excluding carboxylic acids is 1. The lowest BCUT2D eigenvalue weighted by Crippen LogP contribution is -2.35. The van der Waals surface area contributed by atoms with Crippen LogP contribution in [0.3, 0.4) is 0 Å². The Morgan fingerprint density at radius 3 is 2.52 bits per heavy atom. The Morgan fingerprint density at radius 1 is 1.19 bits per heavy atom. The number of methoxy groups -OCH3 is 1. The van der Waals surface area contributed by atoms with Gasteiger partial charge in [0, 0.05) is 17.0 Å². The van der Waals surface area contributed by atoms with Crippen LogP contribution >= 0.6 is 11.8 Å². The predicted octanol–water partition coefficient (Wildman–Crippen LogP) is 4.60. The van der Waals surface area contributed by atoms with Gasteiger partial charge >= 0.3 is 0 Å². The second-order valence-corrected chi connectivity index (χ2v) is 8.30. The summed E-state index contributed by atoms with van der Waals surface area (Å²) in [5.74, 6) is 1.02. The van der Waals surface area contributed by atoms with Crippen LogP contribution in [0.15, 0.2) is 35.2 Å². The zero-order valence-electron chi connectivity index (χ0n) is 16.3. The van der Waals surface area contributed by atoms with E-state index >= 15 is 0 Å². The monoisotopic (exact) mass is 383 g/mol. The lowest BCUT2D eigenvalue weighted by atomic mass is 9.86. The molecule has 0 saturated carbocycles. The van der Waals surface area contributed by atoms with E-state index in [-0.39, 0.29) is 12.1 Å². The van der Waals surface area contributed by atoms with Gasteiger partial charge in [-0.1, -0.05) is 6.07 Å². The quantitative estimate of drug-likeness (QED) is 0.756. The van der Waals surface area contributed by atoms with Gasteiger partial charge in [-0.05, 0) is 56.9 Å². The Labute approximate surface area is 164 Å². The summed E-state index contributed by atoms with van der Waals surface area (Å²) in [4.78, 5) is 15.8. The van der Waals surface area contributed by atoms with Crippen molar-refractivity contribution in [1.29, 1.82) is 0 Å². The van der Waals surface area contributed by atoms with Crippen molar-refractivity contribution in [2.24, 2.45) is 0 Å². The van der Waals surface area contributed by atoms with E-state index in [1.54, 1.807) is 18.9 Å². The summed E-state index contributed by atoms with van der Waals surface area (Å²) in [6.45, 7) is 6.69. The van der Waals surface area contributed by atoms with Gasteiger partial charge in [0.15, 0.2) is 0 Å². The Bertz CT molecular complexity index is 926. The standard InChI is InChI=1S/C21H25N3O2S/c1-6-24-17-11-16-15(10-14(17)21(2,3)20(24)25)22-19(23-16)13-8-7-12(27-5)9-18(13)26-4/h7-11,19,22-23H,6H2,1-5H3. The van der Waals surface area contributed by atoms with Crippen molar-refractivity contribution >= 4 is 34.7 Å². The molecule has 0 bridgehead atoms. The topological polar surface area (TPSA) is 53.6 Å². The smallest absolute Gasteiger partial charge is 0.237 e. The highest BCUT2D eigenvalue weighted by Crippen LogP contribution is 2.48. The highest BCUT2D eigenvalue weighted by molar-refractivity contribution is 7.98. The van der Waals surface area contributed by atoms with Gasteiger partial charge in [0.25, 0.3) is 0 Å². The van der Waals surface area contributed by atoms with E-state index in [2.05, 4.69) is 47.2 Å². The third kappa shape index (κ3) is 2.65. The minimum atomic E-state index is -0.502. The van der Waals surface area contributed by atoms with Crippen LogP contribution in [0, 0.1) is 0 Å². The van der Waals surface area contributed by atoms with Crippen LogP contribution in [-0.4, -0.2) is 25.8 Å². The normalized spacial score (nSPS) is 19.4. The van der Waals surface area contributed by atoms with Gasteiger partial charge in [0.1, 0.15) is 11.9 Å². The predicted molar refractivity (Wildman–Crippen MR) is 112 cm³/mol. The molecule has 0 spiro atoms. The number of rotatable bonds is 4. The Morgan fingerprint density at radius 2 is 1.89 bits per heavy atom. The number of likely N-dealkylation sites (N-methyl/N-ethyl adjacent to an activating group) is 1. The molecule has 1 unspecified atom stereocenters. The molecule has 2 aliphatic heterocycles. The van der Waals surface area contributed by atoms with Crippen LogP contribution in [-0.2, 0) is 10.2 Å². The van der Waals surface area contributed by atoms with Gasteiger partial charge < -0.3 is 20.3 Å². The van der Waals surface area contributed by atoms with Gasteiger partial charge in [-0.15, -0.1) is 11.8 Å². The molecule has 2 aliphatic rings. The number of carbonyl (C=O) groups is 1. The van der Waals surface area contributed by atoms with E-state index in [4.69, 9.17) is 4.74 Å². The van der Waals surface area contributed by atoms with E-state index in [1.807, 2.05) is 25.7 Å². The summed E-state index contributed by atoms with van der Waals surface area (Å²) < 4.78 is 5.61. The molecule has 6 heteroatoms. The molecule has 5 nitrogen and oxygen atoms in total. The van der Waals surface area contributed by atoms with Crippen LogP contribution in [0.25, 0.3) is 0 Å². The second-order valence-electron chi connectivity index (χ2n) is 7.42. The van der Waals surface area contributed by atoms with E-state index < -0.39 is 5.41 Å². The largest absolute Gasteiger partial charge is 0.496 e. The average Bonchev–Trinajstić information content (AvgIpc) is 3.16. The van der Waals surface area contributed by atoms with E-state index in [1.165, 1.54) is 4.90 Å². The summed E-state index contributed by atoms with van der Waals surface area (Å²) >= 11 is 1.70. The number of fused-ring (bicyclic) bond motifs is 2. The van der Waals surface area contributed by atoms with Crippen LogP contribution in [0.2, 0.25) is 0 Å². The maximum Gasteiger partial charge on any atom is 0.237 e. The molecule has 0 aromatic heterocycles. The third-order valence-corrected chi connectivity index (χ3v) is 6.27. The highest BCUT2D eigenvalue weighted by Gasteiger charge is 2.44. The molecule has 2 aromatic rings. The van der Waals surface area contributed by atoms with Crippen LogP contribution < -0.4 is 20.3 Å². The number of benzene rings is 2. The zero-order chi connectivity index (χ0) is 19.3. The third-order valence-electron chi connectivity index (χ3n) is 5.55. The minimum Gasteiger partial charge on any atom is -0.496 e. The molecule has 2 heterocycles. The van der Waals surface area contributed by atoms with Gasteiger partial charge in [-0.3, -0.25) is 4.79 Å². The first-order valence-corrected chi connectivity index (χ1v) is 10.4. The lowest BCUT2D eigenvalue weighted by molar-refractivity contribution is -0.122. The molecule has 1 atom stereocenters. The Kier molecular flexibility index (Phi) is 4.26. The van der Waals surface area contributed by atoms with E-state index in [0.717, 1.165) is 33.9 Å². The molecule has 142 valence electrons. The van der Waals surface area contributed by atoms with Crippen molar-refractivity contribution in [3.63, 3.8) is 0 Å². The maximum absolute atomic E-state index is 12.7. The first kappa shape index (κ1) is 18.0. The summed E-state index contributed by atoms with van der Waals surface area (Å²) in [5, 5.41) is 7.09. The summed E-state index contributed by atoms with van der Waals surface area (Å²) in [6, 6.07) is 10.5.